The van der Waals surface area contributed by atoms with E-state index in [0.717, 1.165) is 56.8 Å². The highest BCUT2D eigenvalue weighted by Gasteiger charge is 2.36. The molecule has 2 fully saturated rings. The lowest BCUT2D eigenvalue weighted by Gasteiger charge is -2.36. The summed E-state index contributed by atoms with van der Waals surface area (Å²) in [4.78, 5) is 30.9. The Balaban J connectivity index is 1.44. The van der Waals surface area contributed by atoms with Crippen LogP contribution in [-0.2, 0) is 4.79 Å². The van der Waals surface area contributed by atoms with E-state index in [0.29, 0.717) is 17.8 Å². The minimum absolute atomic E-state index is 0.0641. The zero-order valence-electron chi connectivity index (χ0n) is 17.3. The van der Waals surface area contributed by atoms with Crippen LogP contribution in [0, 0.1) is 5.92 Å². The van der Waals surface area contributed by atoms with Crippen LogP contribution in [0.25, 0.3) is 0 Å². The van der Waals surface area contributed by atoms with Gasteiger partial charge >= 0.3 is 0 Å². The van der Waals surface area contributed by atoms with Gasteiger partial charge in [-0.1, -0.05) is 6.07 Å². The second-order valence-corrected chi connectivity index (χ2v) is 8.26. The van der Waals surface area contributed by atoms with E-state index >= 15 is 0 Å². The van der Waals surface area contributed by atoms with Crippen LogP contribution in [-0.4, -0.2) is 56.3 Å². The lowest BCUT2D eigenvalue weighted by Crippen LogP contribution is -2.44. The number of nitrogens with one attached hydrogen (secondary N) is 1. The van der Waals surface area contributed by atoms with Crippen molar-refractivity contribution in [1.29, 1.82) is 0 Å². The van der Waals surface area contributed by atoms with Gasteiger partial charge < -0.3 is 15.1 Å². The van der Waals surface area contributed by atoms with Gasteiger partial charge in [0, 0.05) is 30.9 Å². The summed E-state index contributed by atoms with van der Waals surface area (Å²) < 4.78 is 0. The first-order valence-corrected chi connectivity index (χ1v) is 10.7. The Morgan fingerprint density at radius 2 is 1.93 bits per heavy atom. The second kappa shape index (κ2) is 8.86. The maximum absolute atomic E-state index is 13.3. The van der Waals surface area contributed by atoms with Crippen molar-refractivity contribution in [2.24, 2.45) is 5.92 Å². The average molecular weight is 395 g/mol. The van der Waals surface area contributed by atoms with E-state index in [4.69, 9.17) is 4.98 Å². The summed E-state index contributed by atoms with van der Waals surface area (Å²) in [6.45, 7) is 7.32. The smallest absolute Gasteiger partial charge is 0.226 e. The predicted octanol–water partition coefficient (Wildman–Crippen LogP) is 3.40. The van der Waals surface area contributed by atoms with Crippen molar-refractivity contribution in [3.8, 4) is 0 Å². The summed E-state index contributed by atoms with van der Waals surface area (Å²) in [6, 6.07) is 6.55. The number of anilines is 2. The largest absolute Gasteiger partial charge is 0.334 e. The van der Waals surface area contributed by atoms with Gasteiger partial charge in [-0.2, -0.15) is 0 Å². The van der Waals surface area contributed by atoms with E-state index in [1.165, 1.54) is 0 Å². The van der Waals surface area contributed by atoms with Gasteiger partial charge in [0.15, 0.2) is 0 Å². The molecule has 2 aliphatic heterocycles. The molecule has 2 saturated heterocycles. The van der Waals surface area contributed by atoms with Crippen molar-refractivity contribution in [2.75, 3.05) is 25.0 Å². The van der Waals surface area contributed by atoms with Gasteiger partial charge in [0.1, 0.15) is 11.6 Å². The van der Waals surface area contributed by atoms with Crippen LogP contribution >= 0.6 is 0 Å². The predicted molar refractivity (Wildman–Crippen MR) is 113 cm³/mol. The van der Waals surface area contributed by atoms with Gasteiger partial charge in [-0.15, -0.1) is 0 Å². The number of pyridine rings is 1. The molecule has 2 aromatic heterocycles. The Morgan fingerprint density at radius 3 is 2.66 bits per heavy atom. The highest BCUT2D eigenvalue weighted by molar-refractivity contribution is 5.79. The molecule has 0 aromatic carbocycles. The number of hydrogen-bond donors (Lipinski definition) is 1. The Bertz CT molecular complexity index is 819. The van der Waals surface area contributed by atoms with Gasteiger partial charge in [-0.25, -0.2) is 9.97 Å². The first kappa shape index (κ1) is 19.8. The van der Waals surface area contributed by atoms with Gasteiger partial charge in [0.25, 0.3) is 0 Å². The number of carbonyl (C=O) groups excluding carboxylic acids is 1. The summed E-state index contributed by atoms with van der Waals surface area (Å²) in [6.07, 6.45) is 8.88. The van der Waals surface area contributed by atoms with Gasteiger partial charge in [0.2, 0.25) is 5.91 Å². The zero-order valence-corrected chi connectivity index (χ0v) is 17.3. The molecule has 0 spiro atoms. The minimum atomic E-state index is 0.0641. The van der Waals surface area contributed by atoms with Gasteiger partial charge in [0.05, 0.1) is 17.9 Å². The highest BCUT2D eigenvalue weighted by Crippen LogP contribution is 2.34. The summed E-state index contributed by atoms with van der Waals surface area (Å²) in [5.74, 6) is 1.84. The first-order chi connectivity index (χ1) is 14.1. The highest BCUT2D eigenvalue weighted by atomic mass is 16.2. The number of aromatic nitrogens is 3. The molecule has 0 bridgehead atoms. The molecule has 0 unspecified atom stereocenters. The SMILES string of the molecule is CC(C)N1CCC(C(=O)N2CCC[C@H]2c2cccc(Nc3cnccn3)n2)CC1. The molecule has 4 rings (SSSR count). The fourth-order valence-corrected chi connectivity index (χ4v) is 4.44. The fourth-order valence-electron chi connectivity index (χ4n) is 4.44. The number of nitrogens with zero attached hydrogens (tertiary/aromatic N) is 5. The van der Waals surface area contributed by atoms with Crippen molar-refractivity contribution in [1.82, 2.24) is 24.8 Å². The van der Waals surface area contributed by atoms with Crippen molar-refractivity contribution >= 4 is 17.5 Å². The van der Waals surface area contributed by atoms with Crippen molar-refractivity contribution in [3.05, 3.63) is 42.5 Å². The minimum Gasteiger partial charge on any atom is -0.334 e. The third kappa shape index (κ3) is 4.56. The first-order valence-electron chi connectivity index (χ1n) is 10.7. The molecule has 1 amide bonds. The molecule has 7 heteroatoms. The summed E-state index contributed by atoms with van der Waals surface area (Å²) in [5, 5.41) is 3.20. The topological polar surface area (TPSA) is 74.2 Å². The Morgan fingerprint density at radius 1 is 1.10 bits per heavy atom. The van der Waals surface area contributed by atoms with E-state index < -0.39 is 0 Å². The van der Waals surface area contributed by atoms with Crippen LogP contribution in [0.4, 0.5) is 11.6 Å². The third-order valence-electron chi connectivity index (χ3n) is 6.08. The number of likely N-dealkylation sites (tertiary alicyclic amines) is 2. The van der Waals surface area contributed by atoms with Crippen LogP contribution in [0.1, 0.15) is 51.3 Å². The van der Waals surface area contributed by atoms with Crippen LogP contribution in [0.2, 0.25) is 0 Å². The number of carbonyl (C=O) groups is 1. The molecule has 2 aromatic rings. The summed E-state index contributed by atoms with van der Waals surface area (Å²) in [7, 11) is 0. The molecule has 0 aliphatic carbocycles. The Hall–Kier alpha value is -2.54. The molecule has 0 radical (unpaired) electrons. The van der Waals surface area contributed by atoms with E-state index in [2.05, 4.69) is 38.9 Å². The Kier molecular flexibility index (Phi) is 6.04. The molecular weight excluding hydrogens is 364 g/mol. The fraction of sp³-hybridized carbons (Fsp3) is 0.545. The third-order valence-corrected chi connectivity index (χ3v) is 6.08. The summed E-state index contributed by atoms with van der Waals surface area (Å²) in [5.41, 5.74) is 0.948. The number of hydrogen-bond acceptors (Lipinski definition) is 6. The lowest BCUT2D eigenvalue weighted by atomic mass is 9.94. The molecule has 0 saturated carbocycles. The van der Waals surface area contributed by atoms with Crippen molar-refractivity contribution in [2.45, 2.75) is 51.6 Å². The standard InChI is InChI=1S/C22H30N6O/c1-16(2)27-13-8-17(9-14-27)22(29)28-12-4-6-19(28)18-5-3-7-20(25-18)26-21-15-23-10-11-24-21/h3,5,7,10-11,15-17,19H,4,6,8-9,12-14H2,1-2H3,(H,24,25,26)/t19-/m0/s1. The summed E-state index contributed by atoms with van der Waals surface area (Å²) >= 11 is 0. The van der Waals surface area contributed by atoms with E-state index in [1.54, 1.807) is 18.6 Å². The van der Waals surface area contributed by atoms with Crippen LogP contribution in [0.5, 0.6) is 0 Å². The molecule has 1 atom stereocenters. The van der Waals surface area contributed by atoms with Crippen LogP contribution in [0.15, 0.2) is 36.8 Å². The maximum Gasteiger partial charge on any atom is 0.226 e. The van der Waals surface area contributed by atoms with Crippen LogP contribution in [0.3, 0.4) is 0 Å². The van der Waals surface area contributed by atoms with E-state index in [-0.39, 0.29) is 12.0 Å². The Labute approximate surface area is 172 Å². The van der Waals surface area contributed by atoms with E-state index in [9.17, 15) is 4.79 Å². The van der Waals surface area contributed by atoms with Gasteiger partial charge in [-0.05, 0) is 64.8 Å². The van der Waals surface area contributed by atoms with Crippen molar-refractivity contribution < 1.29 is 4.79 Å². The number of rotatable bonds is 5. The molecule has 1 N–H and O–H groups in total. The van der Waals surface area contributed by atoms with Crippen molar-refractivity contribution in [3.63, 3.8) is 0 Å². The quantitative estimate of drug-likeness (QED) is 0.838. The monoisotopic (exact) mass is 394 g/mol. The second-order valence-electron chi connectivity index (χ2n) is 8.26. The van der Waals surface area contributed by atoms with Gasteiger partial charge in [-0.3, -0.25) is 9.78 Å². The number of piperidine rings is 1. The zero-order chi connectivity index (χ0) is 20.2. The number of amides is 1. The van der Waals surface area contributed by atoms with Crippen LogP contribution < -0.4 is 5.32 Å². The molecule has 2 aliphatic rings. The average Bonchev–Trinajstić information content (AvgIpc) is 3.24. The molecule has 154 valence electrons. The molecule has 29 heavy (non-hydrogen) atoms. The normalized spacial score (nSPS) is 20.9. The molecule has 4 heterocycles. The maximum atomic E-state index is 13.3. The molecular formula is C22H30N6O. The lowest BCUT2D eigenvalue weighted by molar-refractivity contribution is -0.138. The molecule has 7 nitrogen and oxygen atoms in total. The van der Waals surface area contributed by atoms with E-state index in [1.807, 2.05) is 18.2 Å².